The molecule has 4 rings (SSSR count). The zero-order valence-corrected chi connectivity index (χ0v) is 17.0. The van der Waals surface area contributed by atoms with E-state index in [0.29, 0.717) is 24.4 Å². The Labute approximate surface area is 168 Å². The Morgan fingerprint density at radius 3 is 2.36 bits per heavy atom. The van der Waals surface area contributed by atoms with Gasteiger partial charge in [-0.25, -0.2) is 0 Å². The van der Waals surface area contributed by atoms with Crippen molar-refractivity contribution in [2.45, 2.75) is 58.0 Å². The van der Waals surface area contributed by atoms with Crippen LogP contribution in [0.4, 0.5) is 0 Å². The second-order valence-electron chi connectivity index (χ2n) is 8.87. The molecule has 1 N–H and O–H groups in total. The zero-order valence-electron chi connectivity index (χ0n) is 17.0. The fourth-order valence-corrected chi connectivity index (χ4v) is 4.63. The molecule has 3 fully saturated rings. The molecule has 2 heterocycles. The van der Waals surface area contributed by atoms with E-state index in [-0.39, 0.29) is 11.8 Å². The number of nitrogens with zero attached hydrogens (tertiary/aromatic N) is 2. The van der Waals surface area contributed by atoms with E-state index in [1.807, 2.05) is 0 Å². The number of carbonyl (C=O) groups excluding carboxylic acids is 2. The molecule has 1 aliphatic carbocycles. The number of amides is 2. The summed E-state index contributed by atoms with van der Waals surface area (Å²) in [7, 11) is 0. The zero-order chi connectivity index (χ0) is 19.5. The molecule has 3 aliphatic rings. The SMILES string of the molecule is Cc1ccc(CNC(=O)C2CCCN(C3CCN(C(=O)C4CC4)CC3)C2)cc1. The van der Waals surface area contributed by atoms with E-state index in [1.54, 1.807) is 0 Å². The smallest absolute Gasteiger partial charge is 0.225 e. The molecule has 0 aromatic heterocycles. The van der Waals surface area contributed by atoms with Gasteiger partial charge in [-0.05, 0) is 57.6 Å². The molecule has 28 heavy (non-hydrogen) atoms. The third-order valence-corrected chi connectivity index (χ3v) is 6.63. The first kappa shape index (κ1) is 19.4. The monoisotopic (exact) mass is 383 g/mol. The number of carbonyl (C=O) groups is 2. The van der Waals surface area contributed by atoms with Crippen molar-refractivity contribution in [1.82, 2.24) is 15.1 Å². The van der Waals surface area contributed by atoms with Gasteiger partial charge in [0.2, 0.25) is 11.8 Å². The predicted molar refractivity (Wildman–Crippen MR) is 110 cm³/mol. The Kier molecular flexibility index (Phi) is 6.00. The Balaban J connectivity index is 1.24. The summed E-state index contributed by atoms with van der Waals surface area (Å²) in [5, 5.41) is 3.13. The van der Waals surface area contributed by atoms with Crippen LogP contribution in [-0.2, 0) is 16.1 Å². The minimum Gasteiger partial charge on any atom is -0.352 e. The molecular weight excluding hydrogens is 350 g/mol. The lowest BCUT2D eigenvalue weighted by molar-refractivity contribution is -0.134. The summed E-state index contributed by atoms with van der Waals surface area (Å²) < 4.78 is 0. The van der Waals surface area contributed by atoms with E-state index >= 15 is 0 Å². The summed E-state index contributed by atoms with van der Waals surface area (Å²) in [4.78, 5) is 29.5. The van der Waals surface area contributed by atoms with E-state index in [4.69, 9.17) is 0 Å². The van der Waals surface area contributed by atoms with Crippen LogP contribution in [0.15, 0.2) is 24.3 Å². The number of hydrogen-bond donors (Lipinski definition) is 1. The molecule has 1 aromatic carbocycles. The lowest BCUT2D eigenvalue weighted by atomic mass is 9.93. The molecule has 0 radical (unpaired) electrons. The lowest BCUT2D eigenvalue weighted by Gasteiger charge is -2.42. The molecule has 1 atom stereocenters. The van der Waals surface area contributed by atoms with E-state index in [1.165, 1.54) is 5.56 Å². The highest BCUT2D eigenvalue weighted by Gasteiger charge is 2.37. The van der Waals surface area contributed by atoms with E-state index in [0.717, 1.165) is 70.3 Å². The van der Waals surface area contributed by atoms with Gasteiger partial charge in [0.05, 0.1) is 5.92 Å². The number of piperidine rings is 2. The lowest BCUT2D eigenvalue weighted by Crippen LogP contribution is -2.51. The van der Waals surface area contributed by atoms with Crippen LogP contribution in [-0.4, -0.2) is 53.8 Å². The Hall–Kier alpha value is -1.88. The summed E-state index contributed by atoms with van der Waals surface area (Å²) in [5.41, 5.74) is 2.39. The summed E-state index contributed by atoms with van der Waals surface area (Å²) in [6.07, 6.45) is 6.35. The van der Waals surface area contributed by atoms with Gasteiger partial charge in [0.15, 0.2) is 0 Å². The van der Waals surface area contributed by atoms with Gasteiger partial charge in [-0.3, -0.25) is 14.5 Å². The number of aryl methyl sites for hydroxylation is 1. The first-order chi connectivity index (χ1) is 13.6. The van der Waals surface area contributed by atoms with Crippen molar-refractivity contribution in [3.05, 3.63) is 35.4 Å². The van der Waals surface area contributed by atoms with Crippen LogP contribution in [0.3, 0.4) is 0 Å². The number of hydrogen-bond acceptors (Lipinski definition) is 3. The molecule has 5 nitrogen and oxygen atoms in total. The molecule has 1 unspecified atom stereocenters. The number of benzene rings is 1. The van der Waals surface area contributed by atoms with Crippen molar-refractivity contribution in [2.24, 2.45) is 11.8 Å². The van der Waals surface area contributed by atoms with Crippen LogP contribution >= 0.6 is 0 Å². The molecule has 2 amide bonds. The molecule has 2 aliphatic heterocycles. The van der Waals surface area contributed by atoms with E-state index < -0.39 is 0 Å². The van der Waals surface area contributed by atoms with Gasteiger partial charge in [-0.1, -0.05) is 29.8 Å². The highest BCUT2D eigenvalue weighted by molar-refractivity contribution is 5.81. The first-order valence-electron chi connectivity index (χ1n) is 11.0. The molecule has 0 bridgehead atoms. The van der Waals surface area contributed by atoms with Crippen molar-refractivity contribution in [3.8, 4) is 0 Å². The summed E-state index contributed by atoms with van der Waals surface area (Å²) in [6.45, 7) is 6.41. The van der Waals surface area contributed by atoms with Crippen LogP contribution in [0.25, 0.3) is 0 Å². The Morgan fingerprint density at radius 2 is 1.68 bits per heavy atom. The van der Waals surface area contributed by atoms with Gasteiger partial charge < -0.3 is 10.2 Å². The number of likely N-dealkylation sites (tertiary alicyclic amines) is 2. The fraction of sp³-hybridized carbons (Fsp3) is 0.652. The molecule has 152 valence electrons. The summed E-state index contributed by atoms with van der Waals surface area (Å²) in [5.74, 6) is 0.982. The second-order valence-corrected chi connectivity index (χ2v) is 8.87. The average molecular weight is 384 g/mol. The Bertz CT molecular complexity index is 690. The summed E-state index contributed by atoms with van der Waals surface area (Å²) in [6, 6.07) is 8.86. The minimum absolute atomic E-state index is 0.0883. The molecule has 1 saturated carbocycles. The minimum atomic E-state index is 0.0883. The molecule has 0 spiro atoms. The number of rotatable bonds is 5. The molecule has 5 heteroatoms. The van der Waals surface area contributed by atoms with Crippen molar-refractivity contribution >= 4 is 11.8 Å². The third-order valence-electron chi connectivity index (χ3n) is 6.63. The highest BCUT2D eigenvalue weighted by atomic mass is 16.2. The normalized spacial score (nSPS) is 24.2. The van der Waals surface area contributed by atoms with Crippen molar-refractivity contribution in [1.29, 1.82) is 0 Å². The van der Waals surface area contributed by atoms with Gasteiger partial charge >= 0.3 is 0 Å². The van der Waals surface area contributed by atoms with Gasteiger partial charge in [-0.2, -0.15) is 0 Å². The van der Waals surface area contributed by atoms with E-state index in [9.17, 15) is 9.59 Å². The third kappa shape index (κ3) is 4.75. The standard InChI is InChI=1S/C23H33N3O2/c1-17-4-6-18(7-5-17)15-24-22(27)20-3-2-12-26(16-20)21-10-13-25(14-11-21)23(28)19-8-9-19/h4-7,19-21H,2-3,8-16H2,1H3,(H,24,27). The highest BCUT2D eigenvalue weighted by Crippen LogP contribution is 2.32. The first-order valence-corrected chi connectivity index (χ1v) is 11.0. The van der Waals surface area contributed by atoms with Crippen molar-refractivity contribution in [2.75, 3.05) is 26.2 Å². The fourth-order valence-electron chi connectivity index (χ4n) is 4.63. The van der Waals surface area contributed by atoms with Crippen LogP contribution in [0.5, 0.6) is 0 Å². The van der Waals surface area contributed by atoms with Gasteiger partial charge in [0.1, 0.15) is 0 Å². The average Bonchev–Trinajstić information content (AvgIpc) is 3.58. The largest absolute Gasteiger partial charge is 0.352 e. The molecular formula is C23H33N3O2. The van der Waals surface area contributed by atoms with Crippen LogP contribution in [0.2, 0.25) is 0 Å². The van der Waals surface area contributed by atoms with E-state index in [2.05, 4.69) is 46.3 Å². The van der Waals surface area contributed by atoms with Crippen molar-refractivity contribution in [3.63, 3.8) is 0 Å². The maximum atomic E-state index is 12.7. The van der Waals surface area contributed by atoms with Gasteiger partial charge in [0.25, 0.3) is 0 Å². The summed E-state index contributed by atoms with van der Waals surface area (Å²) >= 11 is 0. The van der Waals surface area contributed by atoms with Crippen LogP contribution < -0.4 is 5.32 Å². The maximum Gasteiger partial charge on any atom is 0.225 e. The van der Waals surface area contributed by atoms with Crippen LogP contribution in [0.1, 0.15) is 49.7 Å². The van der Waals surface area contributed by atoms with Gasteiger partial charge in [-0.15, -0.1) is 0 Å². The molecule has 2 saturated heterocycles. The maximum absolute atomic E-state index is 12.7. The van der Waals surface area contributed by atoms with Crippen molar-refractivity contribution < 1.29 is 9.59 Å². The Morgan fingerprint density at radius 1 is 0.964 bits per heavy atom. The number of nitrogens with one attached hydrogen (secondary N) is 1. The quantitative estimate of drug-likeness (QED) is 0.851. The second kappa shape index (κ2) is 8.64. The topological polar surface area (TPSA) is 52.7 Å². The predicted octanol–water partition coefficient (Wildman–Crippen LogP) is 2.72. The van der Waals surface area contributed by atoms with Crippen LogP contribution in [0, 0.1) is 18.8 Å². The van der Waals surface area contributed by atoms with Gasteiger partial charge in [0, 0.05) is 38.1 Å². The molecule has 1 aromatic rings.